The molecule has 4 aromatic rings. The molecule has 3 fully saturated rings. The Morgan fingerprint density at radius 2 is 1.73 bits per heavy atom. The van der Waals surface area contributed by atoms with Crippen molar-refractivity contribution < 1.29 is 49.9 Å². The van der Waals surface area contributed by atoms with Crippen molar-refractivity contribution >= 4 is 55.8 Å². The van der Waals surface area contributed by atoms with Gasteiger partial charge in [0.1, 0.15) is 34.8 Å². The molecule has 336 valence electrons. The maximum absolute atomic E-state index is 14.7. The number of alkyl halides is 3. The lowest BCUT2D eigenvalue weighted by molar-refractivity contribution is -0.141. The average Bonchev–Trinajstić information content (AvgIpc) is 4.03. The van der Waals surface area contributed by atoms with Crippen molar-refractivity contribution in [2.45, 2.75) is 126 Å². The standard InChI is InChI=1S/C44H50F3N7O8S/c1-41(2,3)52-40(58)48-30-14-9-7-5-6-8-12-27-23-43(27,39(57)53-63(59,60)42(4)20-21-42)51-36(55)31-22-28(24-54(31)38(30)56)61-37-34-33(29-13-10-11-15-32(29)62-34)49-35(50-37)25-16-18-26(19-17-25)44(45,46)47/h8,10-13,15-19,27-28,30-31H,5-7,9,14,20-24H2,1-4H3,(H,51,55)(H,53,57)(H2,48,52,58)/b12-8-/t27-,28-,30+,31+,43-/m1/s1. The topological polar surface area (TPSA) is 202 Å². The molecular weight excluding hydrogens is 844 g/mol. The maximum Gasteiger partial charge on any atom is 0.416 e. The molecule has 15 nitrogen and oxygen atoms in total. The van der Waals surface area contributed by atoms with Crippen LogP contribution < -0.4 is 25.4 Å². The average molecular weight is 894 g/mol. The van der Waals surface area contributed by atoms with Crippen LogP contribution in [-0.2, 0) is 30.6 Å². The number of rotatable bonds is 7. The SMILES string of the molecule is CC(C)(C)NC(=O)N[C@H]1CCCCC/C=C\[C@@H]2C[C@@]2(C(=O)NS(=O)(=O)C2(C)CC2)NC(=O)[C@@H]2C[C@@H](Oc3nc(-c4ccc(C(F)(F)F)cc4)nc4c3oc3ccccc34)CN2C1=O. The normalized spacial score (nSPS) is 25.8. The molecule has 5 atom stereocenters. The van der Waals surface area contributed by atoms with Gasteiger partial charge in [-0.25, -0.2) is 18.2 Å². The molecule has 4 aliphatic rings. The molecule has 63 heavy (non-hydrogen) atoms. The van der Waals surface area contributed by atoms with Gasteiger partial charge in [0.15, 0.2) is 5.82 Å². The predicted molar refractivity (Wildman–Crippen MR) is 225 cm³/mol. The number of carbonyl (C=O) groups is 4. The summed E-state index contributed by atoms with van der Waals surface area (Å²) in [6, 6.07) is 8.41. The van der Waals surface area contributed by atoms with E-state index in [9.17, 15) is 40.8 Å². The molecule has 5 amide bonds. The molecule has 2 aliphatic carbocycles. The molecule has 2 aromatic carbocycles. The number of nitrogens with zero attached hydrogens (tertiary/aromatic N) is 3. The van der Waals surface area contributed by atoms with Crippen molar-refractivity contribution in [3.63, 3.8) is 0 Å². The Morgan fingerprint density at radius 1 is 1.00 bits per heavy atom. The number of halogens is 3. The van der Waals surface area contributed by atoms with Crippen molar-refractivity contribution in [2.24, 2.45) is 5.92 Å². The summed E-state index contributed by atoms with van der Waals surface area (Å²) in [6.45, 7) is 6.75. The van der Waals surface area contributed by atoms with Crippen LogP contribution in [0, 0.1) is 5.92 Å². The van der Waals surface area contributed by atoms with E-state index in [1.165, 1.54) is 17.0 Å². The second-order valence-electron chi connectivity index (χ2n) is 18.3. The molecule has 2 aromatic heterocycles. The molecule has 2 aliphatic heterocycles. The number of nitrogens with one attached hydrogen (secondary N) is 4. The molecule has 8 rings (SSSR count). The largest absolute Gasteiger partial charge is 0.470 e. The lowest BCUT2D eigenvalue weighted by Crippen LogP contribution is -2.59. The number of urea groups is 1. The van der Waals surface area contributed by atoms with E-state index in [4.69, 9.17) is 9.15 Å². The predicted octanol–water partition coefficient (Wildman–Crippen LogP) is 6.27. The molecule has 19 heteroatoms. The summed E-state index contributed by atoms with van der Waals surface area (Å²) in [5.41, 5.74) is -1.98. The van der Waals surface area contributed by atoms with E-state index in [1.807, 2.05) is 12.2 Å². The zero-order valence-corrected chi connectivity index (χ0v) is 36.1. The molecule has 2 saturated carbocycles. The molecule has 4 N–H and O–H groups in total. The summed E-state index contributed by atoms with van der Waals surface area (Å²) < 4.78 is 80.8. The summed E-state index contributed by atoms with van der Waals surface area (Å²) in [5.74, 6) is -2.75. The minimum absolute atomic E-state index is 0.0318. The van der Waals surface area contributed by atoms with Crippen LogP contribution in [0.1, 0.15) is 91.0 Å². The Balaban J connectivity index is 1.15. The van der Waals surface area contributed by atoms with Crippen molar-refractivity contribution in [3.05, 3.63) is 66.2 Å². The quantitative estimate of drug-likeness (QED) is 0.153. The van der Waals surface area contributed by atoms with Crippen LogP contribution in [0.4, 0.5) is 18.0 Å². The highest BCUT2D eigenvalue weighted by molar-refractivity contribution is 7.91. The zero-order chi connectivity index (χ0) is 45.1. The van der Waals surface area contributed by atoms with Crippen molar-refractivity contribution in [1.82, 2.24) is 35.5 Å². The summed E-state index contributed by atoms with van der Waals surface area (Å²) in [4.78, 5) is 67.2. The number of para-hydroxylation sites is 1. The highest BCUT2D eigenvalue weighted by atomic mass is 32.2. The Hall–Kier alpha value is -5.72. The second kappa shape index (κ2) is 16.1. The molecule has 0 unspecified atom stereocenters. The first-order valence-corrected chi connectivity index (χ1v) is 22.6. The van der Waals surface area contributed by atoms with Crippen LogP contribution in [0.3, 0.4) is 0 Å². The Bertz CT molecular complexity index is 2610. The number of ether oxygens (including phenoxy) is 1. The van der Waals surface area contributed by atoms with Gasteiger partial charge in [-0.3, -0.25) is 19.1 Å². The van der Waals surface area contributed by atoms with Gasteiger partial charge in [-0.1, -0.05) is 49.3 Å². The maximum atomic E-state index is 14.7. The minimum atomic E-state index is -4.57. The minimum Gasteiger partial charge on any atom is -0.470 e. The highest BCUT2D eigenvalue weighted by Gasteiger charge is 2.63. The third-order valence-corrected chi connectivity index (χ3v) is 14.4. The zero-order valence-electron chi connectivity index (χ0n) is 35.3. The van der Waals surface area contributed by atoms with Crippen LogP contribution in [0.5, 0.6) is 5.88 Å². The molecule has 0 radical (unpaired) electrons. The lowest BCUT2D eigenvalue weighted by atomic mass is 10.0. The number of allylic oxidation sites excluding steroid dienone is 1. The van der Waals surface area contributed by atoms with Gasteiger partial charge < -0.3 is 30.0 Å². The van der Waals surface area contributed by atoms with Crippen LogP contribution >= 0.6 is 0 Å². The van der Waals surface area contributed by atoms with E-state index < -0.39 is 85.4 Å². The van der Waals surface area contributed by atoms with Gasteiger partial charge in [0.2, 0.25) is 27.4 Å². The van der Waals surface area contributed by atoms with Gasteiger partial charge in [-0.2, -0.15) is 18.2 Å². The number of benzene rings is 2. The Labute approximate surface area is 362 Å². The summed E-state index contributed by atoms with van der Waals surface area (Å²) >= 11 is 0. The van der Waals surface area contributed by atoms with Crippen molar-refractivity contribution in [2.75, 3.05) is 6.54 Å². The number of hydrogen-bond acceptors (Lipinski definition) is 10. The fourth-order valence-electron chi connectivity index (χ4n) is 8.22. The van der Waals surface area contributed by atoms with Crippen LogP contribution in [0.25, 0.3) is 33.5 Å². The molecule has 0 bridgehead atoms. The van der Waals surface area contributed by atoms with Crippen LogP contribution in [0.2, 0.25) is 0 Å². The third kappa shape index (κ3) is 9.06. The van der Waals surface area contributed by atoms with Gasteiger partial charge >= 0.3 is 12.2 Å². The third-order valence-electron chi connectivity index (χ3n) is 12.2. The van der Waals surface area contributed by atoms with Gasteiger partial charge in [0, 0.05) is 28.8 Å². The van der Waals surface area contributed by atoms with E-state index in [-0.39, 0.29) is 48.7 Å². The summed E-state index contributed by atoms with van der Waals surface area (Å²) in [5, 5.41) is 9.06. The van der Waals surface area contributed by atoms with E-state index in [1.54, 1.807) is 52.0 Å². The van der Waals surface area contributed by atoms with Crippen LogP contribution in [0.15, 0.2) is 65.1 Å². The Kier molecular flexibility index (Phi) is 11.2. The summed E-state index contributed by atoms with van der Waals surface area (Å²) in [6.07, 6.45) is 1.89. The molecule has 1 saturated heterocycles. The van der Waals surface area contributed by atoms with Crippen LogP contribution in [-0.4, -0.2) is 87.6 Å². The number of amides is 5. The first kappa shape index (κ1) is 43.9. The van der Waals surface area contributed by atoms with E-state index in [0.29, 0.717) is 48.6 Å². The first-order valence-electron chi connectivity index (χ1n) is 21.1. The summed E-state index contributed by atoms with van der Waals surface area (Å²) in [7, 11) is -4.07. The van der Waals surface area contributed by atoms with Gasteiger partial charge in [0.05, 0.1) is 16.9 Å². The fraction of sp³-hybridized carbons (Fsp3) is 0.500. The van der Waals surface area contributed by atoms with Gasteiger partial charge in [-0.15, -0.1) is 0 Å². The molecule has 4 heterocycles. The van der Waals surface area contributed by atoms with Crippen molar-refractivity contribution in [1.29, 1.82) is 0 Å². The number of furan rings is 1. The van der Waals surface area contributed by atoms with Gasteiger partial charge in [-0.05, 0) is 90.5 Å². The lowest BCUT2D eigenvalue weighted by Gasteiger charge is -2.30. The smallest absolute Gasteiger partial charge is 0.416 e. The first-order chi connectivity index (χ1) is 29.7. The van der Waals surface area contributed by atoms with Crippen molar-refractivity contribution in [3.8, 4) is 17.3 Å². The van der Waals surface area contributed by atoms with E-state index >= 15 is 0 Å². The second-order valence-corrected chi connectivity index (χ2v) is 20.5. The number of aromatic nitrogens is 2. The highest BCUT2D eigenvalue weighted by Crippen LogP contribution is 2.48. The van der Waals surface area contributed by atoms with E-state index in [2.05, 4.69) is 30.6 Å². The number of fused-ring (bicyclic) bond motifs is 5. The Morgan fingerprint density at radius 3 is 2.43 bits per heavy atom. The van der Waals surface area contributed by atoms with Gasteiger partial charge in [0.25, 0.3) is 11.8 Å². The molecular formula is C44H50F3N7O8S. The van der Waals surface area contributed by atoms with E-state index in [0.717, 1.165) is 18.6 Å². The number of carbonyl (C=O) groups excluding carboxylic acids is 4. The monoisotopic (exact) mass is 893 g/mol. The number of sulfonamides is 1. The number of hydrogen-bond donors (Lipinski definition) is 4. The fourth-order valence-corrected chi connectivity index (χ4v) is 9.53. The molecule has 0 spiro atoms.